The Hall–Kier alpha value is -2.14. The molecule has 0 bridgehead atoms. The highest BCUT2D eigenvalue weighted by molar-refractivity contribution is 7.98. The maximum atomic E-state index is 11.3. The van der Waals surface area contributed by atoms with Gasteiger partial charge in [-0.3, -0.25) is 14.9 Å². The molecular weight excluding hydrogens is 286 g/mol. The summed E-state index contributed by atoms with van der Waals surface area (Å²) < 4.78 is 0. The lowest BCUT2D eigenvalue weighted by molar-refractivity contribution is -0.387. The van der Waals surface area contributed by atoms with E-state index in [1.165, 1.54) is 24.8 Å². The van der Waals surface area contributed by atoms with E-state index in [0.717, 1.165) is 11.1 Å². The molecule has 4 nitrogen and oxygen atoms in total. The Morgan fingerprint density at radius 2 is 1.95 bits per heavy atom. The van der Waals surface area contributed by atoms with Crippen molar-refractivity contribution in [3.05, 3.63) is 69.3 Å². The van der Waals surface area contributed by atoms with Gasteiger partial charge >= 0.3 is 0 Å². The number of carbonyl (C=O) groups excluding carboxylic acids is 1. The second-order valence-corrected chi connectivity index (χ2v) is 5.73. The number of nitro benzene ring substituents is 1. The largest absolute Gasteiger partial charge is 0.295 e. The highest BCUT2D eigenvalue weighted by Gasteiger charge is 2.16. The minimum atomic E-state index is -0.438. The van der Waals surface area contributed by atoms with Crippen molar-refractivity contribution in [3.8, 4) is 0 Å². The van der Waals surface area contributed by atoms with Crippen LogP contribution in [0.3, 0.4) is 0 Å². The quantitative estimate of drug-likeness (QED) is 0.355. The van der Waals surface area contributed by atoms with Gasteiger partial charge in [0.2, 0.25) is 0 Å². The van der Waals surface area contributed by atoms with Crippen molar-refractivity contribution in [2.45, 2.75) is 24.5 Å². The fourth-order valence-corrected chi connectivity index (χ4v) is 3.01. The molecule has 0 aromatic heterocycles. The molecule has 0 fully saturated rings. The molecule has 0 heterocycles. The van der Waals surface area contributed by atoms with Crippen LogP contribution in [0, 0.1) is 17.0 Å². The van der Waals surface area contributed by atoms with Gasteiger partial charge in [-0.2, -0.15) is 0 Å². The average molecular weight is 301 g/mol. The van der Waals surface area contributed by atoms with Gasteiger partial charge in [0.25, 0.3) is 5.69 Å². The third-order valence-corrected chi connectivity index (χ3v) is 4.32. The fraction of sp³-hybridized carbons (Fsp3) is 0.188. The summed E-state index contributed by atoms with van der Waals surface area (Å²) >= 11 is 1.41. The van der Waals surface area contributed by atoms with Crippen molar-refractivity contribution >= 4 is 23.2 Å². The van der Waals surface area contributed by atoms with E-state index in [-0.39, 0.29) is 11.5 Å². The van der Waals surface area contributed by atoms with Crippen LogP contribution in [0.15, 0.2) is 47.4 Å². The molecule has 21 heavy (non-hydrogen) atoms. The molecule has 0 radical (unpaired) electrons. The van der Waals surface area contributed by atoms with Crippen LogP contribution in [-0.2, 0) is 5.75 Å². The summed E-state index contributed by atoms with van der Waals surface area (Å²) in [5, 5.41) is 11.2. The molecule has 2 aromatic rings. The maximum absolute atomic E-state index is 11.3. The molecule has 5 heteroatoms. The van der Waals surface area contributed by atoms with Crippen LogP contribution in [0.4, 0.5) is 5.69 Å². The van der Waals surface area contributed by atoms with Gasteiger partial charge in [0, 0.05) is 17.4 Å². The Balaban J connectivity index is 2.26. The van der Waals surface area contributed by atoms with E-state index in [9.17, 15) is 14.9 Å². The number of ketones is 1. The summed E-state index contributed by atoms with van der Waals surface area (Å²) in [6, 6.07) is 12.6. The molecule has 0 spiro atoms. The first-order valence-corrected chi connectivity index (χ1v) is 7.44. The predicted molar refractivity (Wildman–Crippen MR) is 83.8 cm³/mol. The van der Waals surface area contributed by atoms with Crippen LogP contribution in [0.1, 0.15) is 28.4 Å². The van der Waals surface area contributed by atoms with Crippen molar-refractivity contribution < 1.29 is 9.72 Å². The highest BCUT2D eigenvalue weighted by atomic mass is 32.2. The molecule has 0 saturated heterocycles. The van der Waals surface area contributed by atoms with Gasteiger partial charge in [-0.05, 0) is 37.1 Å². The van der Waals surface area contributed by atoms with E-state index in [2.05, 4.69) is 0 Å². The second kappa shape index (κ2) is 6.54. The van der Waals surface area contributed by atoms with E-state index < -0.39 is 4.92 Å². The summed E-state index contributed by atoms with van der Waals surface area (Å²) in [5.74, 6) is 0.487. The second-order valence-electron chi connectivity index (χ2n) is 4.71. The van der Waals surface area contributed by atoms with E-state index in [0.29, 0.717) is 16.2 Å². The minimum absolute atomic E-state index is 0.0127. The molecule has 0 N–H and O–H groups in total. The van der Waals surface area contributed by atoms with Crippen LogP contribution < -0.4 is 0 Å². The number of Topliss-reactive ketones (excluding diaryl/α,β-unsaturated/α-hetero) is 1. The minimum Gasteiger partial charge on any atom is -0.295 e. The Kier molecular flexibility index (Phi) is 4.75. The molecule has 2 rings (SSSR count). The standard InChI is InChI=1S/C16H15NO3S/c1-11-5-3-4-6-14(11)10-21-16-8-7-13(12(2)18)9-15(16)17(19)20/h3-9H,10H2,1-2H3. The average Bonchev–Trinajstić information content (AvgIpc) is 2.46. The van der Waals surface area contributed by atoms with Crippen LogP contribution in [0.25, 0.3) is 0 Å². The fourth-order valence-electron chi connectivity index (χ4n) is 1.93. The Morgan fingerprint density at radius 1 is 1.24 bits per heavy atom. The predicted octanol–water partition coefficient (Wildman–Crippen LogP) is 4.40. The molecule has 108 valence electrons. The molecule has 0 aliphatic heterocycles. The summed E-state index contributed by atoms with van der Waals surface area (Å²) in [6.45, 7) is 3.42. The van der Waals surface area contributed by atoms with Gasteiger partial charge in [0.05, 0.1) is 9.82 Å². The number of carbonyl (C=O) groups is 1. The van der Waals surface area contributed by atoms with Gasteiger partial charge in [-0.1, -0.05) is 24.3 Å². The van der Waals surface area contributed by atoms with Crippen molar-refractivity contribution in [2.24, 2.45) is 0 Å². The lowest BCUT2D eigenvalue weighted by Crippen LogP contribution is -1.97. The molecule has 0 aliphatic rings. The van der Waals surface area contributed by atoms with Crippen molar-refractivity contribution in [1.82, 2.24) is 0 Å². The number of hydrogen-bond donors (Lipinski definition) is 0. The molecule has 0 unspecified atom stereocenters. The number of rotatable bonds is 5. The van der Waals surface area contributed by atoms with Crippen LogP contribution in [-0.4, -0.2) is 10.7 Å². The maximum Gasteiger partial charge on any atom is 0.283 e. The lowest BCUT2D eigenvalue weighted by Gasteiger charge is -2.07. The number of hydrogen-bond acceptors (Lipinski definition) is 4. The zero-order valence-corrected chi connectivity index (χ0v) is 12.6. The topological polar surface area (TPSA) is 60.2 Å². The summed E-state index contributed by atoms with van der Waals surface area (Å²) in [5.41, 5.74) is 2.66. The summed E-state index contributed by atoms with van der Waals surface area (Å²) in [7, 11) is 0. The third-order valence-electron chi connectivity index (χ3n) is 3.21. The van der Waals surface area contributed by atoms with Crippen LogP contribution >= 0.6 is 11.8 Å². The lowest BCUT2D eigenvalue weighted by atomic mass is 10.1. The zero-order chi connectivity index (χ0) is 15.4. The SMILES string of the molecule is CC(=O)c1ccc(SCc2ccccc2C)c([N+](=O)[O-])c1. The first-order chi connectivity index (χ1) is 9.99. The summed E-state index contributed by atoms with van der Waals surface area (Å²) in [6.07, 6.45) is 0. The molecule has 0 amide bonds. The van der Waals surface area contributed by atoms with Crippen LogP contribution in [0.2, 0.25) is 0 Å². The van der Waals surface area contributed by atoms with Gasteiger partial charge in [-0.15, -0.1) is 11.8 Å². The van der Waals surface area contributed by atoms with Gasteiger partial charge < -0.3 is 0 Å². The van der Waals surface area contributed by atoms with Crippen molar-refractivity contribution in [3.63, 3.8) is 0 Å². The number of nitro groups is 1. The van der Waals surface area contributed by atoms with Crippen molar-refractivity contribution in [2.75, 3.05) is 0 Å². The number of benzene rings is 2. The monoisotopic (exact) mass is 301 g/mol. The molecule has 2 aromatic carbocycles. The van der Waals surface area contributed by atoms with Gasteiger partial charge in [-0.25, -0.2) is 0 Å². The molecular formula is C16H15NO3S. The smallest absolute Gasteiger partial charge is 0.283 e. The normalized spacial score (nSPS) is 10.4. The molecule has 0 atom stereocenters. The van der Waals surface area contributed by atoms with E-state index in [4.69, 9.17) is 0 Å². The van der Waals surface area contributed by atoms with Gasteiger partial charge in [0.1, 0.15) is 0 Å². The highest BCUT2D eigenvalue weighted by Crippen LogP contribution is 2.33. The Labute approximate surface area is 127 Å². The van der Waals surface area contributed by atoms with E-state index in [1.54, 1.807) is 12.1 Å². The summed E-state index contributed by atoms with van der Waals surface area (Å²) in [4.78, 5) is 22.6. The van der Waals surface area contributed by atoms with Crippen molar-refractivity contribution in [1.29, 1.82) is 0 Å². The number of nitrogens with zero attached hydrogens (tertiary/aromatic N) is 1. The van der Waals surface area contributed by atoms with Crippen LogP contribution in [0.5, 0.6) is 0 Å². The first kappa shape index (κ1) is 15.3. The zero-order valence-electron chi connectivity index (χ0n) is 11.8. The number of thioether (sulfide) groups is 1. The van der Waals surface area contributed by atoms with Gasteiger partial charge in [0.15, 0.2) is 5.78 Å². The molecule has 0 aliphatic carbocycles. The Morgan fingerprint density at radius 3 is 2.57 bits per heavy atom. The Bertz CT molecular complexity index is 698. The first-order valence-electron chi connectivity index (χ1n) is 6.45. The third kappa shape index (κ3) is 3.70. The van der Waals surface area contributed by atoms with E-state index in [1.807, 2.05) is 31.2 Å². The molecule has 0 saturated carbocycles. The number of aryl methyl sites for hydroxylation is 1. The van der Waals surface area contributed by atoms with E-state index >= 15 is 0 Å².